The number of nitrogens with zero attached hydrogens (tertiary/aromatic N) is 6. The van der Waals surface area contributed by atoms with Gasteiger partial charge in [-0.05, 0) is 46.8 Å². The number of hydrogen-bond acceptors (Lipinski definition) is 6. The van der Waals surface area contributed by atoms with Crippen LogP contribution in [0.1, 0.15) is 5.82 Å². The summed E-state index contributed by atoms with van der Waals surface area (Å²) in [6.45, 7) is 2.18. The lowest BCUT2D eigenvalue weighted by Gasteiger charge is -2.33. The van der Waals surface area contributed by atoms with Gasteiger partial charge in [0.1, 0.15) is 10.7 Å². The molecule has 0 N–H and O–H groups in total. The van der Waals surface area contributed by atoms with Gasteiger partial charge in [-0.1, -0.05) is 23.7 Å². The van der Waals surface area contributed by atoms with Crippen LogP contribution in [0.2, 0.25) is 5.02 Å². The van der Waals surface area contributed by atoms with Gasteiger partial charge in [0.2, 0.25) is 10.0 Å². The Morgan fingerprint density at radius 3 is 2.38 bits per heavy atom. The third-order valence-electron chi connectivity index (χ3n) is 4.76. The van der Waals surface area contributed by atoms with E-state index in [0.29, 0.717) is 44.2 Å². The number of benzene rings is 2. The van der Waals surface area contributed by atoms with Gasteiger partial charge in [-0.25, -0.2) is 12.8 Å². The van der Waals surface area contributed by atoms with E-state index >= 15 is 0 Å². The van der Waals surface area contributed by atoms with E-state index in [0.717, 1.165) is 0 Å². The van der Waals surface area contributed by atoms with Crippen molar-refractivity contribution in [2.45, 2.75) is 11.4 Å². The maximum Gasteiger partial charge on any atom is 0.244 e. The molecule has 152 valence electrons. The highest BCUT2D eigenvalue weighted by molar-refractivity contribution is 7.89. The van der Waals surface area contributed by atoms with Gasteiger partial charge < -0.3 is 0 Å². The first-order valence-electron chi connectivity index (χ1n) is 8.95. The molecule has 1 fully saturated rings. The number of sulfonamides is 1. The molecule has 0 bridgehead atoms. The van der Waals surface area contributed by atoms with Crippen molar-refractivity contribution in [2.24, 2.45) is 0 Å². The van der Waals surface area contributed by atoms with Crippen molar-refractivity contribution >= 4 is 21.6 Å². The predicted octanol–water partition coefficient (Wildman–Crippen LogP) is 1.96. The quantitative estimate of drug-likeness (QED) is 0.608. The van der Waals surface area contributed by atoms with Crippen LogP contribution in [0.3, 0.4) is 0 Å². The molecule has 0 atom stereocenters. The second kappa shape index (κ2) is 8.15. The van der Waals surface area contributed by atoms with Crippen molar-refractivity contribution in [3.63, 3.8) is 0 Å². The molecule has 1 saturated heterocycles. The Labute approximate surface area is 172 Å². The van der Waals surface area contributed by atoms with E-state index in [1.807, 2.05) is 0 Å². The zero-order chi connectivity index (χ0) is 20.4. The molecular weight excluding hydrogens is 419 g/mol. The first-order valence-corrected chi connectivity index (χ1v) is 10.8. The molecule has 1 aliphatic heterocycles. The first kappa shape index (κ1) is 19.9. The summed E-state index contributed by atoms with van der Waals surface area (Å²) in [7, 11) is -3.64. The first-order chi connectivity index (χ1) is 13.9. The molecule has 4 rings (SSSR count). The van der Waals surface area contributed by atoms with Crippen LogP contribution in [-0.4, -0.2) is 64.0 Å². The summed E-state index contributed by atoms with van der Waals surface area (Å²) in [6, 6.07) is 12.3. The molecule has 8 nitrogen and oxygen atoms in total. The van der Waals surface area contributed by atoms with E-state index in [2.05, 4.69) is 20.4 Å². The monoisotopic (exact) mass is 436 g/mol. The van der Waals surface area contributed by atoms with Crippen molar-refractivity contribution in [1.29, 1.82) is 0 Å². The Balaban J connectivity index is 1.43. The van der Waals surface area contributed by atoms with Crippen LogP contribution in [0.4, 0.5) is 4.39 Å². The number of rotatable bonds is 5. The van der Waals surface area contributed by atoms with Crippen molar-refractivity contribution in [2.75, 3.05) is 26.2 Å². The van der Waals surface area contributed by atoms with E-state index in [1.54, 1.807) is 35.0 Å². The SMILES string of the molecule is O=S(=O)(c1ccccc1Cl)N1CCN(Cc2nnnn2-c2ccc(F)cc2)CC1. The van der Waals surface area contributed by atoms with E-state index < -0.39 is 10.0 Å². The Morgan fingerprint density at radius 2 is 1.69 bits per heavy atom. The maximum atomic E-state index is 13.2. The summed E-state index contributed by atoms with van der Waals surface area (Å²) < 4.78 is 41.8. The van der Waals surface area contributed by atoms with E-state index in [1.165, 1.54) is 22.5 Å². The third-order valence-corrected chi connectivity index (χ3v) is 7.15. The molecule has 2 aromatic carbocycles. The summed E-state index contributed by atoms with van der Waals surface area (Å²) in [5.74, 6) is 0.262. The zero-order valence-electron chi connectivity index (χ0n) is 15.3. The standard InChI is InChI=1S/C18H18ClFN6O2S/c19-16-3-1-2-4-17(16)29(27,28)25-11-9-24(10-12-25)13-18-21-22-23-26(18)15-7-5-14(20)6-8-15/h1-8H,9-13H2. The number of tetrazole rings is 1. The fourth-order valence-electron chi connectivity index (χ4n) is 3.21. The van der Waals surface area contributed by atoms with Gasteiger partial charge in [-0.15, -0.1) is 5.10 Å². The van der Waals surface area contributed by atoms with Crippen molar-refractivity contribution < 1.29 is 12.8 Å². The smallest absolute Gasteiger partial charge is 0.244 e. The minimum Gasteiger partial charge on any atom is -0.293 e. The Morgan fingerprint density at radius 1 is 1.00 bits per heavy atom. The fourth-order valence-corrected chi connectivity index (χ4v) is 5.12. The molecule has 3 aromatic rings. The van der Waals surface area contributed by atoms with Crippen LogP contribution in [-0.2, 0) is 16.6 Å². The number of piperazine rings is 1. The average Bonchev–Trinajstić information content (AvgIpc) is 3.17. The molecule has 0 unspecified atom stereocenters. The zero-order valence-corrected chi connectivity index (χ0v) is 16.9. The maximum absolute atomic E-state index is 13.2. The van der Waals surface area contributed by atoms with Crippen molar-refractivity contribution in [3.8, 4) is 5.69 Å². The van der Waals surface area contributed by atoms with Crippen LogP contribution in [0.25, 0.3) is 5.69 Å². The Kier molecular flexibility index (Phi) is 5.59. The van der Waals surface area contributed by atoms with Gasteiger partial charge in [0, 0.05) is 26.2 Å². The Bertz CT molecular complexity index is 1100. The lowest BCUT2D eigenvalue weighted by Crippen LogP contribution is -2.48. The van der Waals surface area contributed by atoms with Crippen LogP contribution >= 0.6 is 11.6 Å². The second-order valence-electron chi connectivity index (χ2n) is 6.59. The third kappa shape index (κ3) is 4.15. The molecule has 0 amide bonds. The molecule has 11 heteroatoms. The normalized spacial score (nSPS) is 16.2. The molecular formula is C18H18ClFN6O2S. The summed E-state index contributed by atoms with van der Waals surface area (Å²) in [4.78, 5) is 2.19. The highest BCUT2D eigenvalue weighted by Gasteiger charge is 2.30. The largest absolute Gasteiger partial charge is 0.293 e. The summed E-state index contributed by atoms with van der Waals surface area (Å²) >= 11 is 6.07. The number of halogens is 2. The molecule has 29 heavy (non-hydrogen) atoms. The van der Waals surface area contributed by atoms with Gasteiger partial charge in [0.15, 0.2) is 5.82 Å². The van der Waals surface area contributed by atoms with Gasteiger partial charge in [0.25, 0.3) is 0 Å². The molecule has 2 heterocycles. The summed E-state index contributed by atoms with van der Waals surface area (Å²) in [6.07, 6.45) is 0. The highest BCUT2D eigenvalue weighted by Crippen LogP contribution is 2.25. The molecule has 1 aromatic heterocycles. The summed E-state index contributed by atoms with van der Waals surface area (Å²) in [5.41, 5.74) is 0.659. The van der Waals surface area contributed by atoms with Crippen LogP contribution < -0.4 is 0 Å². The minimum atomic E-state index is -3.64. The highest BCUT2D eigenvalue weighted by atomic mass is 35.5. The van der Waals surface area contributed by atoms with Gasteiger partial charge in [-0.3, -0.25) is 4.90 Å². The van der Waals surface area contributed by atoms with Gasteiger partial charge in [0.05, 0.1) is 17.3 Å². The van der Waals surface area contributed by atoms with Crippen molar-refractivity contribution in [1.82, 2.24) is 29.4 Å². The van der Waals surface area contributed by atoms with Gasteiger partial charge in [-0.2, -0.15) is 8.99 Å². The lowest BCUT2D eigenvalue weighted by atomic mass is 10.3. The molecule has 0 aliphatic carbocycles. The molecule has 0 spiro atoms. The number of aromatic nitrogens is 4. The predicted molar refractivity (Wildman–Crippen MR) is 105 cm³/mol. The molecule has 0 saturated carbocycles. The van der Waals surface area contributed by atoms with Crippen LogP contribution in [0.15, 0.2) is 53.4 Å². The molecule has 0 radical (unpaired) electrons. The van der Waals surface area contributed by atoms with Gasteiger partial charge >= 0.3 is 0 Å². The molecule has 1 aliphatic rings. The van der Waals surface area contributed by atoms with Crippen LogP contribution in [0, 0.1) is 5.82 Å². The minimum absolute atomic E-state index is 0.121. The Hall–Kier alpha value is -2.40. The van der Waals surface area contributed by atoms with E-state index in [9.17, 15) is 12.8 Å². The fraction of sp³-hybridized carbons (Fsp3) is 0.278. The van der Waals surface area contributed by atoms with Crippen LogP contribution in [0.5, 0.6) is 0 Å². The summed E-state index contributed by atoms with van der Waals surface area (Å²) in [5, 5.41) is 12.0. The lowest BCUT2D eigenvalue weighted by molar-refractivity contribution is 0.177. The number of hydrogen-bond donors (Lipinski definition) is 0. The topological polar surface area (TPSA) is 84.2 Å². The second-order valence-corrected chi connectivity index (χ2v) is 8.91. The van der Waals surface area contributed by atoms with E-state index in [4.69, 9.17) is 11.6 Å². The van der Waals surface area contributed by atoms with E-state index in [-0.39, 0.29) is 15.7 Å². The average molecular weight is 437 g/mol. The van der Waals surface area contributed by atoms with Crippen molar-refractivity contribution in [3.05, 3.63) is 65.2 Å².